The van der Waals surface area contributed by atoms with Crippen LogP contribution in [0.1, 0.15) is 36.2 Å². The number of aliphatic hydroxyl groups is 1. The first kappa shape index (κ1) is 20.7. The topological polar surface area (TPSA) is 114 Å². The molecule has 3 aromatic heterocycles. The van der Waals surface area contributed by atoms with Crippen LogP contribution in [-0.4, -0.2) is 68.6 Å². The molecule has 32 heavy (non-hydrogen) atoms. The fraction of sp³-hybridized carbons (Fsp3) is 0.455. The van der Waals surface area contributed by atoms with Crippen molar-refractivity contribution in [3.8, 4) is 5.88 Å². The van der Waals surface area contributed by atoms with Gasteiger partial charge in [-0.05, 0) is 25.5 Å². The number of anilines is 2. The molecule has 0 saturated carbocycles. The Bertz CT molecular complexity index is 1160. The van der Waals surface area contributed by atoms with Crippen LogP contribution in [0.4, 0.5) is 11.5 Å². The molecule has 1 fully saturated rings. The number of hydrogen-bond donors (Lipinski definition) is 2. The Hall–Kier alpha value is -3.24. The summed E-state index contributed by atoms with van der Waals surface area (Å²) in [4.78, 5) is 24.3. The normalized spacial score (nSPS) is 21.3. The molecule has 0 aliphatic carbocycles. The number of hydrogen-bond acceptors (Lipinski definition) is 8. The summed E-state index contributed by atoms with van der Waals surface area (Å²) in [5.74, 6) is 0.808. The molecule has 168 valence electrons. The van der Waals surface area contributed by atoms with Crippen LogP contribution in [0.5, 0.6) is 5.88 Å². The molecule has 0 bridgehead atoms. The van der Waals surface area contributed by atoms with Gasteiger partial charge in [0.05, 0.1) is 31.2 Å². The lowest BCUT2D eigenvalue weighted by Gasteiger charge is -2.30. The molecule has 2 aliphatic rings. The summed E-state index contributed by atoms with van der Waals surface area (Å²) in [6.45, 7) is 6.28. The number of ether oxygens (including phenoxy) is 2. The minimum Gasteiger partial charge on any atom is -0.468 e. The van der Waals surface area contributed by atoms with Crippen molar-refractivity contribution in [1.82, 2.24) is 19.6 Å². The maximum atomic E-state index is 13.2. The molecule has 1 unspecified atom stereocenters. The smallest absolute Gasteiger partial charge is 0.261 e. The first-order chi connectivity index (χ1) is 15.5. The third kappa shape index (κ3) is 3.55. The molecule has 3 aromatic rings. The van der Waals surface area contributed by atoms with Crippen molar-refractivity contribution >= 4 is 23.1 Å². The van der Waals surface area contributed by atoms with Gasteiger partial charge in [0.1, 0.15) is 11.2 Å². The second kappa shape index (κ2) is 8.03. The van der Waals surface area contributed by atoms with Gasteiger partial charge in [-0.25, -0.2) is 9.50 Å². The lowest BCUT2D eigenvalue weighted by atomic mass is 9.92. The SMILES string of the molecule is CCC(O)[C@]1(C)Cc2cc(NC(=O)c3cnn4cccnc34)c(N3CCOCC3)nc2O1. The van der Waals surface area contributed by atoms with Crippen LogP contribution >= 0.6 is 0 Å². The minimum absolute atomic E-state index is 0.315. The minimum atomic E-state index is -0.749. The summed E-state index contributed by atoms with van der Waals surface area (Å²) < 4.78 is 13.2. The van der Waals surface area contributed by atoms with E-state index in [1.807, 2.05) is 19.9 Å². The van der Waals surface area contributed by atoms with Crippen LogP contribution in [-0.2, 0) is 11.2 Å². The number of carbonyl (C=O) groups excluding carboxylic acids is 1. The summed E-state index contributed by atoms with van der Waals surface area (Å²) in [6.07, 6.45) is 5.34. The summed E-state index contributed by atoms with van der Waals surface area (Å²) in [6, 6.07) is 3.65. The molecule has 2 aliphatic heterocycles. The van der Waals surface area contributed by atoms with Crippen molar-refractivity contribution in [2.24, 2.45) is 0 Å². The Morgan fingerprint density at radius 1 is 1.38 bits per heavy atom. The van der Waals surface area contributed by atoms with Gasteiger partial charge in [-0.2, -0.15) is 10.1 Å². The molecule has 0 spiro atoms. The van der Waals surface area contributed by atoms with Gasteiger partial charge in [0.25, 0.3) is 5.91 Å². The first-order valence-corrected chi connectivity index (χ1v) is 10.8. The van der Waals surface area contributed by atoms with Crippen LogP contribution in [0.3, 0.4) is 0 Å². The fourth-order valence-electron chi connectivity index (χ4n) is 4.28. The highest BCUT2D eigenvalue weighted by atomic mass is 16.5. The Balaban J connectivity index is 1.51. The van der Waals surface area contributed by atoms with Crippen LogP contribution in [0, 0.1) is 0 Å². The lowest BCUT2D eigenvalue weighted by molar-refractivity contribution is -0.0301. The molecular weight excluding hydrogens is 412 g/mol. The predicted octanol–water partition coefficient (Wildman–Crippen LogP) is 1.68. The van der Waals surface area contributed by atoms with Crippen LogP contribution in [0.2, 0.25) is 0 Å². The summed E-state index contributed by atoms with van der Waals surface area (Å²) >= 11 is 0. The highest BCUT2D eigenvalue weighted by Crippen LogP contribution is 2.41. The van der Waals surface area contributed by atoms with E-state index >= 15 is 0 Å². The second-order valence-electron chi connectivity index (χ2n) is 8.34. The molecule has 10 heteroatoms. The van der Waals surface area contributed by atoms with Gasteiger partial charge < -0.3 is 24.8 Å². The highest BCUT2D eigenvalue weighted by molar-refractivity contribution is 6.09. The maximum absolute atomic E-state index is 13.2. The van der Waals surface area contributed by atoms with Crippen molar-refractivity contribution in [1.29, 1.82) is 0 Å². The Labute approximate surface area is 185 Å². The third-order valence-electron chi connectivity index (χ3n) is 6.09. The van der Waals surface area contributed by atoms with Gasteiger partial charge in [-0.1, -0.05) is 6.92 Å². The monoisotopic (exact) mass is 438 g/mol. The van der Waals surface area contributed by atoms with Crippen molar-refractivity contribution in [2.75, 3.05) is 36.5 Å². The van der Waals surface area contributed by atoms with E-state index in [4.69, 9.17) is 14.5 Å². The zero-order valence-electron chi connectivity index (χ0n) is 18.1. The van der Waals surface area contributed by atoms with Crippen LogP contribution in [0.15, 0.2) is 30.7 Å². The van der Waals surface area contributed by atoms with Crippen LogP contribution < -0.4 is 15.0 Å². The number of amides is 1. The molecule has 5 rings (SSSR count). The number of morpholine rings is 1. The number of nitrogens with one attached hydrogen (secondary N) is 1. The molecule has 10 nitrogen and oxygen atoms in total. The van der Waals surface area contributed by atoms with Crippen molar-refractivity contribution in [2.45, 2.75) is 38.4 Å². The van der Waals surface area contributed by atoms with E-state index in [2.05, 4.69) is 20.3 Å². The first-order valence-electron chi connectivity index (χ1n) is 10.8. The van der Waals surface area contributed by atoms with Crippen LogP contribution in [0.25, 0.3) is 5.65 Å². The van der Waals surface area contributed by atoms with Gasteiger partial charge in [0.2, 0.25) is 5.88 Å². The average Bonchev–Trinajstić information content (AvgIpc) is 3.39. The number of carbonyl (C=O) groups is 1. The molecule has 0 radical (unpaired) electrons. The zero-order valence-corrected chi connectivity index (χ0v) is 18.1. The lowest BCUT2D eigenvalue weighted by Crippen LogP contribution is -2.43. The average molecular weight is 438 g/mol. The van der Waals surface area contributed by atoms with E-state index in [9.17, 15) is 9.90 Å². The Kier molecular flexibility index (Phi) is 5.18. The molecule has 2 N–H and O–H groups in total. The summed E-state index contributed by atoms with van der Waals surface area (Å²) in [5, 5.41) is 17.7. The van der Waals surface area contributed by atoms with Gasteiger partial charge >= 0.3 is 0 Å². The highest BCUT2D eigenvalue weighted by Gasteiger charge is 2.42. The second-order valence-corrected chi connectivity index (χ2v) is 8.34. The van der Waals surface area contributed by atoms with Gasteiger partial charge in [-0.15, -0.1) is 0 Å². The Morgan fingerprint density at radius 2 is 2.19 bits per heavy atom. The molecule has 0 aromatic carbocycles. The summed E-state index contributed by atoms with van der Waals surface area (Å²) in [5.41, 5.74) is 1.55. The zero-order chi connectivity index (χ0) is 22.3. The van der Waals surface area contributed by atoms with E-state index in [0.717, 1.165) is 5.56 Å². The van der Waals surface area contributed by atoms with E-state index < -0.39 is 11.7 Å². The standard InChI is InChI=1S/C22H26N6O4/c1-3-17(29)22(2)12-14-11-16(19(26-21(14)32-22)27-7-9-31-10-8-27)25-20(30)15-13-24-28-6-4-5-23-18(15)28/h4-6,11,13,17,29H,3,7-10,12H2,1-2H3,(H,25,30)/t17?,22-/m0/s1. The number of fused-ring (bicyclic) bond motifs is 2. The molecule has 2 atom stereocenters. The van der Waals surface area contributed by atoms with Gasteiger partial charge in [0, 0.05) is 37.5 Å². The predicted molar refractivity (Wildman–Crippen MR) is 117 cm³/mol. The number of rotatable bonds is 5. The van der Waals surface area contributed by atoms with Crippen molar-refractivity contribution < 1.29 is 19.4 Å². The molecule has 5 heterocycles. The number of aromatic nitrogens is 4. The third-order valence-corrected chi connectivity index (χ3v) is 6.09. The maximum Gasteiger partial charge on any atom is 0.261 e. The molecular formula is C22H26N6O4. The van der Waals surface area contributed by atoms with Gasteiger partial charge in [0.15, 0.2) is 11.5 Å². The molecule has 1 saturated heterocycles. The quantitative estimate of drug-likeness (QED) is 0.619. The Morgan fingerprint density at radius 3 is 2.97 bits per heavy atom. The van der Waals surface area contributed by atoms with Crippen molar-refractivity contribution in [3.63, 3.8) is 0 Å². The van der Waals surface area contributed by atoms with E-state index in [0.29, 0.717) is 67.7 Å². The van der Waals surface area contributed by atoms with Gasteiger partial charge in [-0.3, -0.25) is 4.79 Å². The fourth-order valence-corrected chi connectivity index (χ4v) is 4.28. The number of aliphatic hydroxyl groups excluding tert-OH is 1. The number of pyridine rings is 1. The number of nitrogens with zero attached hydrogens (tertiary/aromatic N) is 5. The van der Waals surface area contributed by atoms with E-state index in [1.165, 1.54) is 6.20 Å². The van der Waals surface area contributed by atoms with Crippen molar-refractivity contribution in [3.05, 3.63) is 41.9 Å². The largest absolute Gasteiger partial charge is 0.468 e. The molecule has 1 amide bonds. The summed E-state index contributed by atoms with van der Waals surface area (Å²) in [7, 11) is 0. The van der Waals surface area contributed by atoms with E-state index in [-0.39, 0.29) is 5.91 Å². The van der Waals surface area contributed by atoms with E-state index in [1.54, 1.807) is 23.0 Å².